The molecule has 0 saturated heterocycles. The molecule has 0 N–H and O–H groups in total. The molecule has 0 aromatic carbocycles. The van der Waals surface area contributed by atoms with Gasteiger partial charge in [-0.2, -0.15) is 13.2 Å². The molecule has 0 fully saturated rings. The Morgan fingerprint density at radius 2 is 2.14 bits per heavy atom. The number of nitrogens with zero attached hydrogens (tertiary/aromatic N) is 1. The Balaban J connectivity index is 2.52. The predicted molar refractivity (Wildman–Crippen MR) is 43.9 cm³/mol. The van der Waals surface area contributed by atoms with Crippen LogP contribution >= 0.6 is 0 Å². The fraction of sp³-hybridized carbons (Fsp3) is 0.333. The minimum atomic E-state index is -4.28. The van der Waals surface area contributed by atoms with E-state index in [1.807, 2.05) is 0 Å². The lowest BCUT2D eigenvalue weighted by molar-refractivity contribution is -0.133. The first-order chi connectivity index (χ1) is 6.49. The predicted octanol–water partition coefficient (Wildman–Crippen LogP) is 2.61. The van der Waals surface area contributed by atoms with Crippen LogP contribution in [0.25, 0.3) is 0 Å². The summed E-state index contributed by atoms with van der Waals surface area (Å²) in [5, 5.41) is 0. The average Bonchev–Trinajstić information content (AvgIpc) is 2.14. The van der Waals surface area contributed by atoms with E-state index in [4.69, 9.17) is 0 Å². The van der Waals surface area contributed by atoms with E-state index in [2.05, 4.69) is 4.98 Å². The molecular formula is C9H8F3NO. The van der Waals surface area contributed by atoms with Gasteiger partial charge in [0, 0.05) is 24.4 Å². The molecule has 0 radical (unpaired) electrons. The van der Waals surface area contributed by atoms with E-state index in [-0.39, 0.29) is 5.56 Å². The third-order valence-corrected chi connectivity index (χ3v) is 1.62. The van der Waals surface area contributed by atoms with Gasteiger partial charge >= 0.3 is 6.18 Å². The fourth-order valence-corrected chi connectivity index (χ4v) is 0.927. The maximum atomic E-state index is 11.8. The number of rotatable bonds is 3. The minimum Gasteiger partial charge on any atom is -0.294 e. The van der Waals surface area contributed by atoms with Crippen molar-refractivity contribution in [3.63, 3.8) is 0 Å². The van der Waals surface area contributed by atoms with Crippen LogP contribution in [0, 0.1) is 0 Å². The molecule has 1 rings (SSSR count). The highest BCUT2D eigenvalue weighted by Crippen LogP contribution is 2.22. The van der Waals surface area contributed by atoms with Gasteiger partial charge < -0.3 is 0 Å². The number of carbonyl (C=O) groups excluding carboxylic acids is 1. The second kappa shape index (κ2) is 4.21. The summed E-state index contributed by atoms with van der Waals surface area (Å²) in [5.74, 6) is -0.532. The van der Waals surface area contributed by atoms with Crippen molar-refractivity contribution in [2.75, 3.05) is 0 Å². The van der Waals surface area contributed by atoms with Crippen molar-refractivity contribution in [2.24, 2.45) is 0 Å². The number of hydrogen-bond donors (Lipinski definition) is 0. The normalized spacial score (nSPS) is 11.4. The summed E-state index contributed by atoms with van der Waals surface area (Å²) < 4.78 is 35.3. The number of hydrogen-bond acceptors (Lipinski definition) is 2. The highest BCUT2D eigenvalue weighted by molar-refractivity contribution is 5.95. The molecule has 0 unspecified atom stereocenters. The number of aromatic nitrogens is 1. The molecule has 1 aromatic heterocycles. The van der Waals surface area contributed by atoms with Gasteiger partial charge in [0.05, 0.1) is 6.42 Å². The van der Waals surface area contributed by atoms with Crippen molar-refractivity contribution >= 4 is 5.78 Å². The van der Waals surface area contributed by atoms with Crippen LogP contribution in [0.5, 0.6) is 0 Å². The Hall–Kier alpha value is -1.39. The van der Waals surface area contributed by atoms with Crippen LogP contribution < -0.4 is 0 Å². The van der Waals surface area contributed by atoms with Crippen molar-refractivity contribution in [2.45, 2.75) is 19.0 Å². The Labute approximate surface area is 78.8 Å². The summed E-state index contributed by atoms with van der Waals surface area (Å²) in [4.78, 5) is 14.8. The van der Waals surface area contributed by atoms with Gasteiger partial charge in [-0.1, -0.05) is 0 Å². The van der Waals surface area contributed by atoms with E-state index in [0.29, 0.717) is 0 Å². The average molecular weight is 203 g/mol. The topological polar surface area (TPSA) is 30.0 Å². The van der Waals surface area contributed by atoms with Crippen LogP contribution in [0.4, 0.5) is 13.2 Å². The van der Waals surface area contributed by atoms with Crippen molar-refractivity contribution in [3.8, 4) is 0 Å². The minimum absolute atomic E-state index is 0.219. The molecule has 0 bridgehead atoms. The first kappa shape index (κ1) is 10.7. The van der Waals surface area contributed by atoms with Crippen molar-refractivity contribution in [1.82, 2.24) is 4.98 Å². The molecule has 0 atom stereocenters. The summed E-state index contributed by atoms with van der Waals surface area (Å²) in [6.07, 6.45) is -3.16. The molecule has 1 heterocycles. The molecule has 0 spiro atoms. The van der Waals surface area contributed by atoms with E-state index in [1.54, 1.807) is 0 Å². The number of carbonyl (C=O) groups is 1. The third-order valence-electron chi connectivity index (χ3n) is 1.62. The molecule has 1 aromatic rings. The monoisotopic (exact) mass is 203 g/mol. The Bertz CT molecular complexity index is 308. The fourth-order valence-electron chi connectivity index (χ4n) is 0.927. The lowest BCUT2D eigenvalue weighted by Gasteiger charge is -2.04. The molecule has 0 aliphatic carbocycles. The molecule has 5 heteroatoms. The largest absolute Gasteiger partial charge is 0.389 e. The van der Waals surface area contributed by atoms with Crippen molar-refractivity contribution < 1.29 is 18.0 Å². The second-order valence-corrected chi connectivity index (χ2v) is 2.78. The van der Waals surface area contributed by atoms with E-state index in [0.717, 1.165) is 0 Å². The van der Waals surface area contributed by atoms with Gasteiger partial charge in [0.15, 0.2) is 5.78 Å². The molecule has 2 nitrogen and oxygen atoms in total. The first-order valence-electron chi connectivity index (χ1n) is 3.99. The SMILES string of the molecule is O=C(CCC(F)(F)F)c1cccnc1. The number of ketones is 1. The number of Topliss-reactive ketones (excluding diaryl/α,β-unsaturated/α-hetero) is 1. The lowest BCUT2D eigenvalue weighted by Crippen LogP contribution is -2.10. The highest BCUT2D eigenvalue weighted by Gasteiger charge is 2.28. The van der Waals surface area contributed by atoms with Gasteiger partial charge in [-0.3, -0.25) is 9.78 Å². The number of pyridine rings is 1. The maximum Gasteiger partial charge on any atom is 0.389 e. The maximum absolute atomic E-state index is 11.8. The third kappa shape index (κ3) is 3.55. The Morgan fingerprint density at radius 3 is 2.64 bits per heavy atom. The van der Waals surface area contributed by atoms with Crippen LogP contribution in [0.3, 0.4) is 0 Å². The van der Waals surface area contributed by atoms with Gasteiger partial charge in [-0.25, -0.2) is 0 Å². The lowest BCUT2D eigenvalue weighted by atomic mass is 10.1. The zero-order chi connectivity index (χ0) is 10.6. The molecule has 0 saturated carbocycles. The zero-order valence-electron chi connectivity index (χ0n) is 7.21. The summed E-state index contributed by atoms with van der Waals surface area (Å²) in [5.41, 5.74) is 0.219. The van der Waals surface area contributed by atoms with E-state index < -0.39 is 24.8 Å². The Morgan fingerprint density at radius 1 is 1.43 bits per heavy atom. The second-order valence-electron chi connectivity index (χ2n) is 2.78. The van der Waals surface area contributed by atoms with Gasteiger partial charge in [-0.15, -0.1) is 0 Å². The summed E-state index contributed by atoms with van der Waals surface area (Å²) in [7, 11) is 0. The van der Waals surface area contributed by atoms with Gasteiger partial charge in [0.2, 0.25) is 0 Å². The van der Waals surface area contributed by atoms with Gasteiger partial charge in [-0.05, 0) is 12.1 Å². The standard InChI is InChI=1S/C9H8F3NO/c10-9(11,12)4-3-8(14)7-2-1-5-13-6-7/h1-2,5-6H,3-4H2. The van der Waals surface area contributed by atoms with Crippen molar-refractivity contribution in [3.05, 3.63) is 30.1 Å². The summed E-state index contributed by atoms with van der Waals surface area (Å²) in [6, 6.07) is 2.96. The number of halogens is 3. The Kier molecular flexibility index (Phi) is 3.22. The van der Waals surface area contributed by atoms with Gasteiger partial charge in [0.1, 0.15) is 0 Å². The van der Waals surface area contributed by atoms with E-state index in [1.165, 1.54) is 24.5 Å². The molecule has 14 heavy (non-hydrogen) atoms. The molecule has 0 aliphatic rings. The van der Waals surface area contributed by atoms with Crippen LogP contribution in [-0.2, 0) is 0 Å². The van der Waals surface area contributed by atoms with Crippen LogP contribution in [0.1, 0.15) is 23.2 Å². The quantitative estimate of drug-likeness (QED) is 0.707. The number of alkyl halides is 3. The van der Waals surface area contributed by atoms with E-state index in [9.17, 15) is 18.0 Å². The van der Waals surface area contributed by atoms with Crippen molar-refractivity contribution in [1.29, 1.82) is 0 Å². The first-order valence-corrected chi connectivity index (χ1v) is 3.99. The van der Waals surface area contributed by atoms with Gasteiger partial charge in [0.25, 0.3) is 0 Å². The molecular weight excluding hydrogens is 195 g/mol. The highest BCUT2D eigenvalue weighted by atomic mass is 19.4. The summed E-state index contributed by atoms with van der Waals surface area (Å²) in [6.45, 7) is 0. The molecule has 0 amide bonds. The molecule has 76 valence electrons. The summed E-state index contributed by atoms with van der Waals surface area (Å²) >= 11 is 0. The smallest absolute Gasteiger partial charge is 0.294 e. The van der Waals surface area contributed by atoms with Crippen LogP contribution in [-0.4, -0.2) is 16.9 Å². The van der Waals surface area contributed by atoms with Crippen LogP contribution in [0.2, 0.25) is 0 Å². The van der Waals surface area contributed by atoms with E-state index >= 15 is 0 Å². The molecule has 0 aliphatic heterocycles. The van der Waals surface area contributed by atoms with Crippen LogP contribution in [0.15, 0.2) is 24.5 Å². The zero-order valence-corrected chi connectivity index (χ0v) is 7.21.